The molecule has 0 bridgehead atoms. The van der Waals surface area contributed by atoms with Crippen LogP contribution in [0.3, 0.4) is 0 Å². The Morgan fingerprint density at radius 1 is 1.14 bits per heavy atom. The van der Waals surface area contributed by atoms with Gasteiger partial charge in [-0.2, -0.15) is 0 Å². The van der Waals surface area contributed by atoms with Crippen LogP contribution >= 0.6 is 15.9 Å². The van der Waals surface area contributed by atoms with Crippen LogP contribution in [-0.4, -0.2) is 23.0 Å². The summed E-state index contributed by atoms with van der Waals surface area (Å²) in [4.78, 5) is 18.5. The Labute approximate surface area is 174 Å². The van der Waals surface area contributed by atoms with Crippen LogP contribution in [0.5, 0.6) is 5.75 Å². The van der Waals surface area contributed by atoms with Crippen molar-refractivity contribution in [1.29, 1.82) is 0 Å². The summed E-state index contributed by atoms with van der Waals surface area (Å²) in [6, 6.07) is 13.4. The molecule has 2 aliphatic rings. The van der Waals surface area contributed by atoms with E-state index in [-0.39, 0.29) is 28.9 Å². The largest absolute Gasteiger partial charge is 0.489 e. The van der Waals surface area contributed by atoms with Crippen molar-refractivity contribution < 1.29 is 9.53 Å². The van der Waals surface area contributed by atoms with Crippen LogP contribution in [0.25, 0.3) is 4.85 Å². The smallest absolute Gasteiger partial charge is 0.254 e. The van der Waals surface area contributed by atoms with Crippen molar-refractivity contribution in [2.45, 2.75) is 46.4 Å². The fraction of sp³-hybridized carbons (Fsp3) is 0.391. The van der Waals surface area contributed by atoms with Crippen molar-refractivity contribution in [1.82, 2.24) is 4.90 Å². The predicted octanol–water partition coefficient (Wildman–Crippen LogP) is 5.84. The molecule has 0 radical (unpaired) electrons. The SMILES string of the molecule is [C-]#[N+]c1ccc(OC2C(C)(C)C(N3Cc4ccccc4C3=O)C2(C)C)cc1Br. The number of ether oxygens (including phenoxy) is 1. The van der Waals surface area contributed by atoms with Crippen molar-refractivity contribution in [2.75, 3.05) is 0 Å². The quantitative estimate of drug-likeness (QED) is 0.564. The van der Waals surface area contributed by atoms with Gasteiger partial charge in [0.1, 0.15) is 11.9 Å². The van der Waals surface area contributed by atoms with E-state index in [0.717, 1.165) is 21.3 Å². The molecule has 144 valence electrons. The minimum atomic E-state index is -0.202. The highest BCUT2D eigenvalue weighted by Gasteiger charge is 2.66. The van der Waals surface area contributed by atoms with Gasteiger partial charge in [0.15, 0.2) is 0 Å². The van der Waals surface area contributed by atoms with Crippen molar-refractivity contribution in [3.05, 3.63) is 69.5 Å². The maximum atomic E-state index is 13.0. The molecule has 0 atom stereocenters. The average Bonchev–Trinajstić information content (AvgIpc) is 2.95. The first kappa shape index (κ1) is 19.0. The first-order valence-electron chi connectivity index (χ1n) is 9.40. The molecule has 0 spiro atoms. The lowest BCUT2D eigenvalue weighted by atomic mass is 9.49. The first-order valence-corrected chi connectivity index (χ1v) is 10.2. The molecule has 1 saturated carbocycles. The molecular weight excluding hydrogens is 416 g/mol. The summed E-state index contributed by atoms with van der Waals surface area (Å²) in [6.07, 6.45) is -0.0489. The van der Waals surface area contributed by atoms with E-state index in [1.807, 2.05) is 41.3 Å². The molecule has 4 nitrogen and oxygen atoms in total. The van der Waals surface area contributed by atoms with E-state index >= 15 is 0 Å². The molecule has 1 heterocycles. The molecule has 4 rings (SSSR count). The van der Waals surface area contributed by atoms with Crippen LogP contribution < -0.4 is 4.74 Å². The number of fused-ring (bicyclic) bond motifs is 1. The summed E-state index contributed by atoms with van der Waals surface area (Å²) in [5.41, 5.74) is 2.08. The summed E-state index contributed by atoms with van der Waals surface area (Å²) < 4.78 is 7.13. The fourth-order valence-electron chi connectivity index (χ4n) is 5.49. The van der Waals surface area contributed by atoms with Gasteiger partial charge < -0.3 is 9.64 Å². The molecule has 0 saturated heterocycles. The number of halogens is 1. The molecule has 1 fully saturated rings. The standard InChI is InChI=1S/C23H23BrN2O2/c1-22(2)20(26-13-14-8-6-7-9-16(14)19(26)27)23(3,4)21(22)28-15-10-11-18(25-5)17(24)12-15/h6-12,20-21H,13H2,1-4H3. The van der Waals surface area contributed by atoms with Crippen LogP contribution in [0, 0.1) is 17.4 Å². The normalized spacial score (nSPS) is 24.3. The molecule has 1 aliphatic carbocycles. The molecule has 2 aromatic carbocycles. The molecule has 1 aliphatic heterocycles. The Balaban J connectivity index is 1.60. The predicted molar refractivity (Wildman–Crippen MR) is 112 cm³/mol. The van der Waals surface area contributed by atoms with Gasteiger partial charge in [-0.15, -0.1) is 0 Å². The number of nitrogens with zero attached hydrogens (tertiary/aromatic N) is 2. The van der Waals surface area contributed by atoms with Crippen molar-refractivity contribution in [3.63, 3.8) is 0 Å². The van der Waals surface area contributed by atoms with Gasteiger partial charge in [0, 0.05) is 33.5 Å². The first-order chi connectivity index (χ1) is 13.2. The van der Waals surface area contributed by atoms with E-state index in [1.165, 1.54) is 0 Å². The third-order valence-electron chi connectivity index (χ3n) is 6.22. The van der Waals surface area contributed by atoms with Crippen LogP contribution in [0.15, 0.2) is 46.9 Å². The number of rotatable bonds is 3. The number of benzene rings is 2. The van der Waals surface area contributed by atoms with Crippen LogP contribution in [0.1, 0.15) is 43.6 Å². The summed E-state index contributed by atoms with van der Waals surface area (Å²) in [5, 5.41) is 0. The topological polar surface area (TPSA) is 33.9 Å². The lowest BCUT2D eigenvalue weighted by Crippen LogP contribution is -2.74. The highest BCUT2D eigenvalue weighted by molar-refractivity contribution is 9.10. The van der Waals surface area contributed by atoms with Gasteiger partial charge in [-0.25, -0.2) is 4.85 Å². The lowest BCUT2D eigenvalue weighted by molar-refractivity contribution is -0.199. The second kappa shape index (κ2) is 6.35. The number of hydrogen-bond donors (Lipinski definition) is 0. The van der Waals surface area contributed by atoms with Gasteiger partial charge in [-0.05, 0) is 23.8 Å². The monoisotopic (exact) mass is 438 g/mol. The van der Waals surface area contributed by atoms with Crippen LogP contribution in [0.4, 0.5) is 5.69 Å². The molecule has 5 heteroatoms. The number of carbonyl (C=O) groups excluding carboxylic acids is 1. The highest BCUT2D eigenvalue weighted by Crippen LogP contribution is 2.59. The zero-order chi connectivity index (χ0) is 20.3. The Morgan fingerprint density at radius 2 is 1.82 bits per heavy atom. The average molecular weight is 439 g/mol. The molecule has 0 aromatic heterocycles. The maximum absolute atomic E-state index is 13.0. The summed E-state index contributed by atoms with van der Waals surface area (Å²) in [6.45, 7) is 16.5. The van der Waals surface area contributed by atoms with Crippen LogP contribution in [-0.2, 0) is 6.54 Å². The van der Waals surface area contributed by atoms with Gasteiger partial charge in [-0.3, -0.25) is 4.79 Å². The molecule has 0 N–H and O–H groups in total. The second-order valence-corrected chi connectivity index (χ2v) is 9.71. The molecule has 28 heavy (non-hydrogen) atoms. The minimum Gasteiger partial charge on any atom is -0.489 e. The van der Waals surface area contributed by atoms with E-state index in [4.69, 9.17) is 11.3 Å². The summed E-state index contributed by atoms with van der Waals surface area (Å²) in [5.74, 6) is 0.851. The number of carbonyl (C=O) groups is 1. The van der Waals surface area contributed by atoms with Crippen LogP contribution in [0.2, 0.25) is 0 Å². The van der Waals surface area contributed by atoms with Crippen molar-refractivity contribution in [2.24, 2.45) is 10.8 Å². The third kappa shape index (κ3) is 2.66. The van der Waals surface area contributed by atoms with E-state index in [1.54, 1.807) is 6.07 Å². The van der Waals surface area contributed by atoms with E-state index in [0.29, 0.717) is 12.2 Å². The third-order valence-corrected chi connectivity index (χ3v) is 6.85. The second-order valence-electron chi connectivity index (χ2n) is 8.86. The van der Waals surface area contributed by atoms with E-state index in [2.05, 4.69) is 48.5 Å². The van der Waals surface area contributed by atoms with Gasteiger partial charge in [0.05, 0.1) is 6.57 Å². The lowest BCUT2D eigenvalue weighted by Gasteiger charge is -2.65. The molecule has 1 amide bonds. The molecule has 0 unspecified atom stereocenters. The Bertz CT molecular complexity index is 990. The minimum absolute atomic E-state index is 0.0489. The number of amides is 1. The summed E-state index contributed by atoms with van der Waals surface area (Å²) in [7, 11) is 0. The highest BCUT2D eigenvalue weighted by atomic mass is 79.9. The van der Waals surface area contributed by atoms with E-state index in [9.17, 15) is 4.79 Å². The number of hydrogen-bond acceptors (Lipinski definition) is 2. The van der Waals surface area contributed by atoms with Gasteiger partial charge in [0.25, 0.3) is 5.91 Å². The fourth-order valence-corrected chi connectivity index (χ4v) is 5.93. The Hall–Kier alpha value is -2.32. The molecular formula is C23H23BrN2O2. The molecule has 2 aromatic rings. The Kier molecular flexibility index (Phi) is 4.31. The van der Waals surface area contributed by atoms with Gasteiger partial charge >= 0.3 is 0 Å². The zero-order valence-electron chi connectivity index (χ0n) is 16.5. The maximum Gasteiger partial charge on any atom is 0.254 e. The van der Waals surface area contributed by atoms with E-state index < -0.39 is 0 Å². The van der Waals surface area contributed by atoms with Gasteiger partial charge in [0.2, 0.25) is 5.69 Å². The van der Waals surface area contributed by atoms with Gasteiger partial charge in [-0.1, -0.05) is 67.9 Å². The Morgan fingerprint density at radius 3 is 2.43 bits per heavy atom. The summed E-state index contributed by atoms with van der Waals surface area (Å²) >= 11 is 3.44. The van der Waals surface area contributed by atoms with Crippen molar-refractivity contribution >= 4 is 27.5 Å². The van der Waals surface area contributed by atoms with Crippen molar-refractivity contribution in [3.8, 4) is 5.75 Å². The zero-order valence-corrected chi connectivity index (χ0v) is 18.1.